The molecule has 0 fully saturated rings. The molecule has 2 unspecified atom stereocenters. The van der Waals surface area contributed by atoms with Gasteiger partial charge in [0, 0.05) is 0 Å². The van der Waals surface area contributed by atoms with Crippen LogP contribution in [-0.2, 0) is 15.6 Å². The third kappa shape index (κ3) is 7.55. The molecular weight excluding hydrogens is 815 g/mol. The number of halogens is 2. The third-order valence-electron chi connectivity index (χ3n) is 13.1. The van der Waals surface area contributed by atoms with E-state index in [1.807, 2.05) is 0 Å². The Morgan fingerprint density at radius 3 is 1.12 bits per heavy atom. The monoisotopic (exact) mass is 881 g/mol. The van der Waals surface area contributed by atoms with Gasteiger partial charge in [-0.05, 0) is 0 Å². The molecule has 2 atom stereocenters. The molecule has 0 radical (unpaired) electrons. The van der Waals surface area contributed by atoms with Crippen LogP contribution in [0, 0.1) is 11.8 Å². The number of allylic oxidation sites excluding steroid dienone is 2. The number of hydrogen-bond acceptors (Lipinski definition) is 0. The molecular formula is C52H69Cl2SiZr. The van der Waals surface area contributed by atoms with Crippen molar-refractivity contribution in [3.63, 3.8) is 0 Å². The summed E-state index contributed by atoms with van der Waals surface area (Å²) in [6.45, 7) is 33.2. The van der Waals surface area contributed by atoms with E-state index < -0.39 is 21.5 Å². The Morgan fingerprint density at radius 2 is 0.821 bits per heavy atom. The Hall–Kier alpha value is -1.96. The zero-order valence-corrected chi connectivity index (χ0v) is 42.1. The van der Waals surface area contributed by atoms with Crippen molar-refractivity contribution in [2.45, 2.75) is 140 Å². The van der Waals surface area contributed by atoms with Crippen LogP contribution in [0.2, 0.25) is 13.1 Å². The van der Waals surface area contributed by atoms with E-state index in [9.17, 15) is 0 Å². The van der Waals surface area contributed by atoms with Gasteiger partial charge in [-0.2, -0.15) is 0 Å². The third-order valence-corrected chi connectivity index (χ3v) is 64.9. The molecule has 0 spiro atoms. The van der Waals surface area contributed by atoms with Crippen LogP contribution < -0.4 is 0 Å². The van der Waals surface area contributed by atoms with Crippen molar-refractivity contribution < 1.29 is 15.6 Å². The van der Waals surface area contributed by atoms with Gasteiger partial charge in [-0.1, -0.05) is 0 Å². The Bertz CT molecular complexity index is 2010. The summed E-state index contributed by atoms with van der Waals surface area (Å²) in [5, 5.41) is 0. The van der Waals surface area contributed by atoms with Gasteiger partial charge < -0.3 is 0 Å². The van der Waals surface area contributed by atoms with Crippen molar-refractivity contribution in [2.24, 2.45) is 11.8 Å². The number of fused-ring (bicyclic) bond motifs is 2. The number of benzene rings is 4. The van der Waals surface area contributed by atoms with Crippen molar-refractivity contribution in [3.05, 3.63) is 128 Å². The van der Waals surface area contributed by atoms with Gasteiger partial charge in [0.25, 0.3) is 0 Å². The molecule has 4 aromatic rings. The average molecular weight is 884 g/mol. The topological polar surface area (TPSA) is 0 Å². The maximum atomic E-state index is 9.07. The predicted octanol–water partition coefficient (Wildman–Crippen LogP) is 17.2. The van der Waals surface area contributed by atoms with E-state index in [4.69, 9.17) is 17.0 Å². The molecule has 4 heteroatoms. The molecule has 0 saturated heterocycles. The Morgan fingerprint density at radius 1 is 0.482 bits per heavy atom. The molecule has 6 rings (SSSR count). The summed E-state index contributed by atoms with van der Waals surface area (Å²) < 4.78 is 0.135. The summed E-state index contributed by atoms with van der Waals surface area (Å²) >= 11 is -5.06. The van der Waals surface area contributed by atoms with Gasteiger partial charge in [0.05, 0.1) is 0 Å². The van der Waals surface area contributed by atoms with Crippen LogP contribution in [0.3, 0.4) is 0 Å². The van der Waals surface area contributed by atoms with Gasteiger partial charge in [-0.3, -0.25) is 0 Å². The SMILES string of the molecule is CC(C)CC1=Cc2c(ccc(C(C)C)c2-c2ccccc2C(C)C)[CH]1[Zr]([Cl])([Cl])([CH]1C(CC(C)C)=Cc2c1ccc(C(C)C)c2-c1ccccc1C(C)C)[SiH](C)C. The van der Waals surface area contributed by atoms with Crippen molar-refractivity contribution in [1.82, 2.24) is 0 Å². The van der Waals surface area contributed by atoms with Crippen molar-refractivity contribution >= 4 is 35.1 Å². The van der Waals surface area contributed by atoms with Gasteiger partial charge >= 0.3 is 353 Å². The molecule has 0 amide bonds. The summed E-state index contributed by atoms with van der Waals surface area (Å²) in [6.07, 6.45) is 7.21. The quantitative estimate of drug-likeness (QED) is 0.117. The van der Waals surface area contributed by atoms with Crippen molar-refractivity contribution in [2.75, 3.05) is 0 Å². The van der Waals surface area contributed by atoms with E-state index in [1.54, 1.807) is 0 Å². The first-order chi connectivity index (χ1) is 26.3. The van der Waals surface area contributed by atoms with Gasteiger partial charge in [0.2, 0.25) is 0 Å². The summed E-state index contributed by atoms with van der Waals surface area (Å²) in [4.78, 5) is 0. The Kier molecular flexibility index (Phi) is 12.9. The average Bonchev–Trinajstić information content (AvgIpc) is 3.68. The normalized spacial score (nSPS) is 17.7. The molecule has 4 aromatic carbocycles. The molecule has 0 N–H and O–H groups in total. The molecule has 0 aromatic heterocycles. The second-order valence-electron chi connectivity index (χ2n) is 19.7. The summed E-state index contributed by atoms with van der Waals surface area (Å²) in [6, 6.07) is 28.1. The van der Waals surface area contributed by atoms with Crippen LogP contribution in [0.15, 0.2) is 83.9 Å². The molecule has 0 aliphatic heterocycles. The standard InChI is InChI=1S/2C25H31.C2H7Si.2ClH.Zr/c2*1-16(2)13-19-14-20-11-12-22(18(5)6)25(24(20)15-19)23-10-8-7-9-21(23)17(3)4;1-3-2;;;/h2*7-12,14-18H,13H2,1-6H3;3H,1-2H3;2*1H;/q;;;;;+2/p-2. The number of hydrogen-bond donors (Lipinski definition) is 0. The van der Waals surface area contributed by atoms with Gasteiger partial charge in [-0.25, -0.2) is 0 Å². The molecule has 0 bridgehead atoms. The second-order valence-corrected chi connectivity index (χ2v) is 62.2. The van der Waals surface area contributed by atoms with Crippen LogP contribution in [0.1, 0.15) is 171 Å². The van der Waals surface area contributed by atoms with E-state index in [1.165, 1.54) is 77.9 Å². The summed E-state index contributed by atoms with van der Waals surface area (Å²) in [5.41, 5.74) is 19.7. The Labute approximate surface area is 350 Å². The molecule has 0 nitrogen and oxygen atoms in total. The maximum absolute atomic E-state index is 9.07. The van der Waals surface area contributed by atoms with E-state index in [0.717, 1.165) is 12.8 Å². The molecule has 0 heterocycles. The summed E-state index contributed by atoms with van der Waals surface area (Å²) in [5.74, 6) is 0.832. The molecule has 2 aliphatic rings. The number of rotatable bonds is 13. The first kappa shape index (κ1) is 43.6. The van der Waals surface area contributed by atoms with E-state index in [0.29, 0.717) is 35.5 Å². The van der Waals surface area contributed by atoms with Gasteiger partial charge in [-0.15, -0.1) is 0 Å². The molecule has 299 valence electrons. The van der Waals surface area contributed by atoms with Gasteiger partial charge in [0.15, 0.2) is 0 Å². The van der Waals surface area contributed by atoms with Crippen LogP contribution >= 0.6 is 17.0 Å². The van der Waals surface area contributed by atoms with E-state index >= 15 is 0 Å². The zero-order valence-electron chi connectivity index (χ0n) is 36.9. The van der Waals surface area contributed by atoms with Crippen LogP contribution in [-0.4, -0.2) is 5.92 Å². The fraction of sp³-hybridized carbons (Fsp3) is 0.462. The minimum absolute atomic E-state index is 0.0673. The van der Waals surface area contributed by atoms with Gasteiger partial charge in [0.1, 0.15) is 0 Å². The van der Waals surface area contributed by atoms with Crippen molar-refractivity contribution in [1.29, 1.82) is 0 Å². The van der Waals surface area contributed by atoms with E-state index in [2.05, 4.69) is 181 Å². The second kappa shape index (κ2) is 16.6. The zero-order chi connectivity index (χ0) is 41.0. The molecule has 2 aliphatic carbocycles. The van der Waals surface area contributed by atoms with Crippen molar-refractivity contribution in [3.8, 4) is 22.3 Å². The van der Waals surface area contributed by atoms with Crippen LogP contribution in [0.4, 0.5) is 0 Å². The summed E-state index contributed by atoms with van der Waals surface area (Å²) in [7, 11) is 18.1. The molecule has 56 heavy (non-hydrogen) atoms. The van der Waals surface area contributed by atoms with E-state index in [-0.39, 0.29) is 7.25 Å². The van der Waals surface area contributed by atoms with Crippen LogP contribution in [0.25, 0.3) is 34.4 Å². The first-order valence-corrected chi connectivity index (χ1v) is 38.1. The van der Waals surface area contributed by atoms with Crippen LogP contribution in [0.5, 0.6) is 0 Å². The fourth-order valence-electron chi connectivity index (χ4n) is 10.5. The molecule has 0 saturated carbocycles. The fourth-order valence-corrected chi connectivity index (χ4v) is 41.9. The minimum atomic E-state index is -5.06. The Balaban J connectivity index is 1.71. The first-order valence-electron chi connectivity index (χ1n) is 21.8. The predicted molar refractivity (Wildman–Crippen MR) is 251 cm³/mol.